The molecule has 9 heteroatoms. The fourth-order valence-electron chi connectivity index (χ4n) is 3.00. The number of nitrogens with zero attached hydrogens (tertiary/aromatic N) is 4. The van der Waals surface area contributed by atoms with E-state index < -0.39 is 17.5 Å². The van der Waals surface area contributed by atoms with E-state index in [1.165, 1.54) is 22.9 Å². The summed E-state index contributed by atoms with van der Waals surface area (Å²) in [6.45, 7) is 8.70. The van der Waals surface area contributed by atoms with Gasteiger partial charge < -0.3 is 5.32 Å². The van der Waals surface area contributed by atoms with Crippen LogP contribution in [-0.2, 0) is 6.54 Å². The number of aromatic nitrogens is 4. The third kappa shape index (κ3) is 4.18. The Morgan fingerprint density at radius 3 is 2.68 bits per heavy atom. The Morgan fingerprint density at radius 2 is 2.00 bits per heavy atom. The predicted octanol–water partition coefficient (Wildman–Crippen LogP) is 4.33. The number of H-pyrrole nitrogens is 1. The second-order valence-electron chi connectivity index (χ2n) is 6.82. The van der Waals surface area contributed by atoms with Gasteiger partial charge in [0.05, 0.1) is 18.0 Å². The van der Waals surface area contributed by atoms with Crippen LogP contribution in [0.25, 0.3) is 21.8 Å². The van der Waals surface area contributed by atoms with E-state index in [9.17, 15) is 13.6 Å². The number of benzene rings is 2. The number of carbonyl (C=O) groups is 1. The quantitative estimate of drug-likeness (QED) is 0.474. The fourth-order valence-corrected chi connectivity index (χ4v) is 3.00. The Morgan fingerprint density at radius 1 is 1.16 bits per heavy atom. The van der Waals surface area contributed by atoms with E-state index in [4.69, 9.17) is 6.57 Å². The molecule has 4 aromatic rings. The summed E-state index contributed by atoms with van der Waals surface area (Å²) in [5.74, 6) is -1.52. The third-order valence-electron chi connectivity index (χ3n) is 4.63. The van der Waals surface area contributed by atoms with Crippen molar-refractivity contribution in [3.63, 3.8) is 0 Å². The van der Waals surface area contributed by atoms with Crippen molar-refractivity contribution in [3.8, 4) is 16.9 Å². The summed E-state index contributed by atoms with van der Waals surface area (Å²) in [5.41, 5.74) is 2.71. The minimum atomic E-state index is -0.621. The molecule has 0 aliphatic heterocycles. The highest BCUT2D eigenvalue weighted by Crippen LogP contribution is 2.25. The highest BCUT2D eigenvalue weighted by molar-refractivity contribution is 5.92. The van der Waals surface area contributed by atoms with Gasteiger partial charge >= 0.3 is 0 Å². The zero-order valence-electron chi connectivity index (χ0n) is 16.4. The predicted molar refractivity (Wildman–Crippen MR) is 110 cm³/mol. The van der Waals surface area contributed by atoms with E-state index in [1.807, 2.05) is 0 Å². The van der Waals surface area contributed by atoms with Crippen molar-refractivity contribution in [2.24, 2.45) is 0 Å². The molecule has 0 fully saturated rings. The van der Waals surface area contributed by atoms with Gasteiger partial charge in [0.2, 0.25) is 5.69 Å². The van der Waals surface area contributed by atoms with Gasteiger partial charge in [0.15, 0.2) is 0 Å². The topological polar surface area (TPSA) is 80.0 Å². The summed E-state index contributed by atoms with van der Waals surface area (Å²) in [7, 11) is 0. The molecule has 0 saturated heterocycles. The lowest BCUT2D eigenvalue weighted by Crippen LogP contribution is -2.23. The molecular formula is C22H16F2N6O. The first-order valence-electron chi connectivity index (χ1n) is 9.26. The molecule has 0 aliphatic carbocycles. The van der Waals surface area contributed by atoms with E-state index in [1.54, 1.807) is 43.5 Å². The normalized spacial score (nSPS) is 10.6. The largest absolute Gasteiger partial charge is 0.346 e. The van der Waals surface area contributed by atoms with Crippen LogP contribution in [0.2, 0.25) is 0 Å². The molecule has 2 aromatic carbocycles. The number of halogens is 2. The average Bonchev–Trinajstić information content (AvgIpc) is 3.42. The van der Waals surface area contributed by atoms with Gasteiger partial charge in [-0.1, -0.05) is 18.2 Å². The second kappa shape index (κ2) is 8.20. The minimum absolute atomic E-state index is 0.00783. The molecule has 7 nitrogen and oxygen atoms in total. The second-order valence-corrected chi connectivity index (χ2v) is 6.82. The summed E-state index contributed by atoms with van der Waals surface area (Å²) < 4.78 is 29.9. The van der Waals surface area contributed by atoms with E-state index >= 15 is 0 Å². The number of carbonyl (C=O) groups excluding carboxylic acids is 1. The molecule has 154 valence electrons. The highest BCUT2D eigenvalue weighted by atomic mass is 19.1. The Kier molecular flexibility index (Phi) is 5.28. The minimum Gasteiger partial charge on any atom is -0.346 e. The van der Waals surface area contributed by atoms with Crippen LogP contribution in [0.5, 0.6) is 0 Å². The summed E-state index contributed by atoms with van der Waals surface area (Å²) in [5, 5.41) is 13.5. The van der Waals surface area contributed by atoms with E-state index in [2.05, 4.69) is 25.5 Å². The molecule has 0 aliphatic rings. The third-order valence-corrected chi connectivity index (χ3v) is 4.63. The Balaban J connectivity index is 1.49. The first-order valence-corrected chi connectivity index (χ1v) is 9.26. The number of nitrogens with one attached hydrogen (secondary N) is 2. The number of hydrogen-bond donors (Lipinski definition) is 2. The Hall–Kier alpha value is -4.32. The summed E-state index contributed by atoms with van der Waals surface area (Å²) in [6.07, 6.45) is 1.63. The van der Waals surface area contributed by atoms with E-state index in [-0.39, 0.29) is 17.9 Å². The smallest absolute Gasteiger partial charge is 0.272 e. The van der Waals surface area contributed by atoms with E-state index in [0.717, 1.165) is 5.69 Å². The van der Waals surface area contributed by atoms with Crippen LogP contribution >= 0.6 is 0 Å². The molecule has 0 spiro atoms. The number of aromatic amines is 1. The molecule has 0 atom stereocenters. The highest BCUT2D eigenvalue weighted by Gasteiger charge is 2.12. The number of hydrogen-bond acceptors (Lipinski definition) is 3. The summed E-state index contributed by atoms with van der Waals surface area (Å²) >= 11 is 0. The molecule has 31 heavy (non-hydrogen) atoms. The van der Waals surface area contributed by atoms with Gasteiger partial charge in [0.1, 0.15) is 17.3 Å². The number of aryl methyl sites for hydroxylation is 1. The van der Waals surface area contributed by atoms with Crippen LogP contribution in [0.4, 0.5) is 14.5 Å². The van der Waals surface area contributed by atoms with Gasteiger partial charge in [0.25, 0.3) is 5.91 Å². The molecule has 2 heterocycles. The Bertz CT molecular complexity index is 1320. The molecule has 1 amide bonds. The van der Waals surface area contributed by atoms with Gasteiger partial charge in [-0.2, -0.15) is 10.2 Å². The number of amides is 1. The number of rotatable bonds is 5. The lowest BCUT2D eigenvalue weighted by atomic mass is 10.1. The van der Waals surface area contributed by atoms with Gasteiger partial charge in [-0.25, -0.2) is 18.3 Å². The van der Waals surface area contributed by atoms with Crippen molar-refractivity contribution in [2.75, 3.05) is 0 Å². The van der Waals surface area contributed by atoms with Gasteiger partial charge in [-0.05, 0) is 37.3 Å². The maximum atomic E-state index is 14.6. The maximum absolute atomic E-state index is 14.6. The average molecular weight is 418 g/mol. The zero-order chi connectivity index (χ0) is 22.0. The van der Waals surface area contributed by atoms with Crippen molar-refractivity contribution < 1.29 is 13.6 Å². The van der Waals surface area contributed by atoms with Gasteiger partial charge in [0, 0.05) is 29.6 Å². The van der Waals surface area contributed by atoms with Crippen LogP contribution < -0.4 is 5.32 Å². The molecule has 0 unspecified atom stereocenters. The summed E-state index contributed by atoms with van der Waals surface area (Å²) in [6, 6.07) is 12.1. The van der Waals surface area contributed by atoms with Gasteiger partial charge in [-0.15, -0.1) is 0 Å². The summed E-state index contributed by atoms with van der Waals surface area (Å²) in [4.78, 5) is 15.2. The van der Waals surface area contributed by atoms with Crippen molar-refractivity contribution in [2.45, 2.75) is 13.5 Å². The van der Waals surface area contributed by atoms with E-state index in [0.29, 0.717) is 22.5 Å². The van der Waals surface area contributed by atoms with Crippen LogP contribution in [-0.4, -0.2) is 25.9 Å². The SMILES string of the molecule is [C-]#[N+]c1ccc(-c2ccn(-c3ccc(CNC(=O)c4cc(C)[nH]n4)c(F)c3)n2)cc1F. The lowest BCUT2D eigenvalue weighted by molar-refractivity contribution is 0.0945. The van der Waals surface area contributed by atoms with Crippen molar-refractivity contribution in [1.82, 2.24) is 25.3 Å². The van der Waals surface area contributed by atoms with Crippen LogP contribution in [0, 0.1) is 25.1 Å². The molecule has 2 N–H and O–H groups in total. The first-order chi connectivity index (χ1) is 14.9. The van der Waals surface area contributed by atoms with Crippen LogP contribution in [0.3, 0.4) is 0 Å². The van der Waals surface area contributed by atoms with Crippen molar-refractivity contribution in [1.29, 1.82) is 0 Å². The standard InChI is InChI=1S/C22H16F2N6O/c1-13-9-21(28-27-13)22(31)26-12-15-3-5-16(11-17(15)23)30-8-7-19(29-30)14-4-6-20(25-2)18(24)10-14/h3-11H,12H2,1H3,(H,26,31)(H,27,28). The maximum Gasteiger partial charge on any atom is 0.272 e. The molecule has 2 aromatic heterocycles. The molecule has 4 rings (SSSR count). The monoisotopic (exact) mass is 418 g/mol. The molecular weight excluding hydrogens is 402 g/mol. The van der Waals surface area contributed by atoms with Crippen LogP contribution in [0.1, 0.15) is 21.7 Å². The van der Waals surface area contributed by atoms with Gasteiger partial charge in [-0.3, -0.25) is 9.89 Å². The zero-order valence-corrected chi connectivity index (χ0v) is 16.4. The molecule has 0 saturated carbocycles. The molecule has 0 bridgehead atoms. The van der Waals surface area contributed by atoms with Crippen molar-refractivity contribution in [3.05, 3.63) is 94.7 Å². The Labute approximate surface area is 176 Å². The lowest BCUT2D eigenvalue weighted by Gasteiger charge is -2.08. The van der Waals surface area contributed by atoms with Crippen LogP contribution in [0.15, 0.2) is 54.7 Å². The fraction of sp³-hybridized carbons (Fsp3) is 0.0909. The van der Waals surface area contributed by atoms with Crippen molar-refractivity contribution >= 4 is 11.6 Å². The molecule has 0 radical (unpaired) electrons. The first kappa shape index (κ1) is 20.0.